The molecule has 0 amide bonds. The number of benzene rings is 10. The summed E-state index contributed by atoms with van der Waals surface area (Å²) in [5.41, 5.74) is 15.1. The summed E-state index contributed by atoms with van der Waals surface area (Å²) >= 11 is 0. The zero-order valence-corrected chi connectivity index (χ0v) is 36.0. The second-order valence-corrected chi connectivity index (χ2v) is 16.7. The van der Waals surface area contributed by atoms with Gasteiger partial charge in [-0.2, -0.15) is 0 Å². The van der Waals surface area contributed by atoms with Crippen LogP contribution in [0.25, 0.3) is 122 Å². The fourth-order valence-corrected chi connectivity index (χ4v) is 9.62. The highest BCUT2D eigenvalue weighted by Gasteiger charge is 2.26. The molecule has 0 fully saturated rings. The van der Waals surface area contributed by atoms with E-state index in [4.69, 9.17) is 15.0 Å². The number of pyridine rings is 1. The SMILES string of the molecule is c1ccc(-c2cc(-c3cccc(-c4c(-c5ccccc5)c(-c5ccccc5)nc(-c5ccccc5)c4-c4ccccc4)c3)nc(-c3ccc4c5ccccc5c5ccccc5c4c3)n2)cc1. The van der Waals surface area contributed by atoms with Crippen LogP contribution in [0.1, 0.15) is 0 Å². The molecule has 12 aromatic rings. The van der Waals surface area contributed by atoms with Gasteiger partial charge in [0.15, 0.2) is 5.82 Å². The van der Waals surface area contributed by atoms with Crippen LogP contribution in [0.15, 0.2) is 249 Å². The molecule has 2 heterocycles. The first-order valence-electron chi connectivity index (χ1n) is 22.4. The van der Waals surface area contributed by atoms with Gasteiger partial charge in [-0.1, -0.05) is 231 Å². The minimum atomic E-state index is 0.674. The van der Waals surface area contributed by atoms with E-state index in [0.717, 1.165) is 84.0 Å². The van der Waals surface area contributed by atoms with Crippen LogP contribution in [0.2, 0.25) is 0 Å². The molecule has 66 heavy (non-hydrogen) atoms. The third kappa shape index (κ3) is 7.00. The first-order chi connectivity index (χ1) is 32.7. The Hall–Kier alpha value is -8.79. The Morgan fingerprint density at radius 2 is 0.576 bits per heavy atom. The van der Waals surface area contributed by atoms with E-state index in [-0.39, 0.29) is 0 Å². The maximum absolute atomic E-state index is 5.66. The first kappa shape index (κ1) is 38.9. The summed E-state index contributed by atoms with van der Waals surface area (Å²) in [6.45, 7) is 0. The minimum Gasteiger partial charge on any atom is -0.246 e. The number of rotatable bonds is 8. The van der Waals surface area contributed by atoms with Gasteiger partial charge in [-0.15, -0.1) is 0 Å². The number of hydrogen-bond donors (Lipinski definition) is 0. The average molecular weight is 840 g/mol. The average Bonchev–Trinajstić information content (AvgIpc) is 3.41. The van der Waals surface area contributed by atoms with Crippen molar-refractivity contribution in [2.75, 3.05) is 0 Å². The molecule has 0 atom stereocenters. The second-order valence-electron chi connectivity index (χ2n) is 16.7. The molecule has 0 aliphatic heterocycles. The Morgan fingerprint density at radius 3 is 1.08 bits per heavy atom. The monoisotopic (exact) mass is 839 g/mol. The topological polar surface area (TPSA) is 38.7 Å². The molecular weight excluding hydrogens is 799 g/mol. The molecule has 0 bridgehead atoms. The highest BCUT2D eigenvalue weighted by atomic mass is 14.9. The molecular formula is C63H41N3. The van der Waals surface area contributed by atoms with Crippen LogP contribution in [0, 0.1) is 0 Å². The van der Waals surface area contributed by atoms with Gasteiger partial charge >= 0.3 is 0 Å². The lowest BCUT2D eigenvalue weighted by Gasteiger charge is -2.23. The maximum Gasteiger partial charge on any atom is 0.160 e. The zero-order valence-electron chi connectivity index (χ0n) is 36.0. The third-order valence-corrected chi connectivity index (χ3v) is 12.7. The predicted octanol–water partition coefficient (Wildman–Crippen LogP) is 16.7. The molecule has 3 heteroatoms. The number of aromatic nitrogens is 3. The van der Waals surface area contributed by atoms with Gasteiger partial charge in [0.1, 0.15) is 0 Å². The Balaban J connectivity index is 1.12. The predicted molar refractivity (Wildman–Crippen MR) is 276 cm³/mol. The summed E-state index contributed by atoms with van der Waals surface area (Å²) in [6.07, 6.45) is 0. The van der Waals surface area contributed by atoms with E-state index in [1.54, 1.807) is 0 Å². The summed E-state index contributed by atoms with van der Waals surface area (Å²) < 4.78 is 0. The van der Waals surface area contributed by atoms with Crippen LogP contribution in [0.5, 0.6) is 0 Å². The van der Waals surface area contributed by atoms with Crippen LogP contribution < -0.4 is 0 Å². The van der Waals surface area contributed by atoms with Gasteiger partial charge in [-0.25, -0.2) is 15.0 Å². The van der Waals surface area contributed by atoms with Crippen molar-refractivity contribution in [1.82, 2.24) is 15.0 Å². The van der Waals surface area contributed by atoms with E-state index in [2.05, 4.69) is 243 Å². The smallest absolute Gasteiger partial charge is 0.160 e. The van der Waals surface area contributed by atoms with Crippen molar-refractivity contribution in [2.24, 2.45) is 0 Å². The molecule has 0 N–H and O–H groups in total. The van der Waals surface area contributed by atoms with Crippen LogP contribution in [-0.4, -0.2) is 15.0 Å². The van der Waals surface area contributed by atoms with Gasteiger partial charge < -0.3 is 0 Å². The maximum atomic E-state index is 5.66. The number of nitrogens with zero attached hydrogens (tertiary/aromatic N) is 3. The molecule has 0 radical (unpaired) electrons. The zero-order chi connectivity index (χ0) is 43.8. The molecule has 0 aliphatic rings. The summed E-state index contributed by atoms with van der Waals surface area (Å²) in [5.74, 6) is 0.674. The Kier molecular flexibility index (Phi) is 9.85. The standard InChI is InChI=1S/C63H41N3/c1-6-21-42(22-7-1)56-41-57(65-63(64-56)49-37-38-54-52-35-17-16-33-50(52)51-34-18-19-36-53(51)55(54)40-49)47-31-20-32-48(39-47)58-59(43-23-8-2-9-24-43)61(45-27-12-4-13-28-45)66-62(46-29-14-5-15-30-46)60(58)44-25-10-3-11-26-44/h1-41H. The molecule has 3 nitrogen and oxygen atoms in total. The van der Waals surface area contributed by atoms with Gasteiger partial charge in [0, 0.05) is 44.5 Å². The van der Waals surface area contributed by atoms with Gasteiger partial charge in [-0.05, 0) is 67.2 Å². The van der Waals surface area contributed by atoms with Crippen molar-refractivity contribution in [3.63, 3.8) is 0 Å². The third-order valence-electron chi connectivity index (χ3n) is 12.7. The summed E-state index contributed by atoms with van der Waals surface area (Å²) in [7, 11) is 0. The molecule has 0 unspecified atom stereocenters. The van der Waals surface area contributed by atoms with E-state index in [9.17, 15) is 0 Å². The summed E-state index contributed by atoms with van der Waals surface area (Å²) in [5, 5.41) is 7.34. The lowest BCUT2D eigenvalue weighted by molar-refractivity contribution is 1.18. The number of fused-ring (bicyclic) bond motifs is 6. The first-order valence-corrected chi connectivity index (χ1v) is 22.4. The highest BCUT2D eigenvalue weighted by Crippen LogP contribution is 2.49. The molecule has 12 rings (SSSR count). The van der Waals surface area contributed by atoms with Crippen molar-refractivity contribution in [2.45, 2.75) is 0 Å². The minimum absolute atomic E-state index is 0.674. The lowest BCUT2D eigenvalue weighted by Crippen LogP contribution is -2.02. The van der Waals surface area contributed by atoms with Crippen LogP contribution in [-0.2, 0) is 0 Å². The Bertz CT molecular complexity index is 3580. The van der Waals surface area contributed by atoms with Gasteiger partial charge in [0.05, 0.1) is 22.8 Å². The quantitative estimate of drug-likeness (QED) is 0.143. The molecule has 0 saturated heterocycles. The summed E-state index contributed by atoms with van der Waals surface area (Å²) in [6, 6.07) is 88.1. The Morgan fingerprint density at radius 1 is 0.197 bits per heavy atom. The Labute approximate surface area is 384 Å². The summed E-state index contributed by atoms with van der Waals surface area (Å²) in [4.78, 5) is 16.4. The van der Waals surface area contributed by atoms with Gasteiger partial charge in [0.25, 0.3) is 0 Å². The van der Waals surface area contributed by atoms with E-state index in [1.165, 1.54) is 32.3 Å². The van der Waals surface area contributed by atoms with Crippen molar-refractivity contribution in [3.8, 4) is 89.8 Å². The number of hydrogen-bond acceptors (Lipinski definition) is 3. The fraction of sp³-hybridized carbons (Fsp3) is 0. The molecule has 0 saturated carbocycles. The molecule has 308 valence electrons. The van der Waals surface area contributed by atoms with E-state index >= 15 is 0 Å². The molecule has 10 aromatic carbocycles. The second kappa shape index (κ2) is 16.7. The van der Waals surface area contributed by atoms with Crippen molar-refractivity contribution < 1.29 is 0 Å². The van der Waals surface area contributed by atoms with Gasteiger partial charge in [-0.3, -0.25) is 0 Å². The van der Waals surface area contributed by atoms with E-state index in [0.29, 0.717) is 5.82 Å². The van der Waals surface area contributed by atoms with Crippen molar-refractivity contribution >= 4 is 32.3 Å². The van der Waals surface area contributed by atoms with Crippen LogP contribution in [0.3, 0.4) is 0 Å². The van der Waals surface area contributed by atoms with Gasteiger partial charge in [0.2, 0.25) is 0 Å². The van der Waals surface area contributed by atoms with E-state index < -0.39 is 0 Å². The molecule has 2 aromatic heterocycles. The van der Waals surface area contributed by atoms with E-state index in [1.807, 2.05) is 6.07 Å². The van der Waals surface area contributed by atoms with Crippen LogP contribution in [0.4, 0.5) is 0 Å². The molecule has 0 spiro atoms. The molecule has 0 aliphatic carbocycles. The largest absolute Gasteiger partial charge is 0.246 e. The lowest BCUT2D eigenvalue weighted by atomic mass is 9.83. The van der Waals surface area contributed by atoms with Crippen molar-refractivity contribution in [1.29, 1.82) is 0 Å². The van der Waals surface area contributed by atoms with Crippen molar-refractivity contribution in [3.05, 3.63) is 249 Å². The highest BCUT2D eigenvalue weighted by molar-refractivity contribution is 6.25. The van der Waals surface area contributed by atoms with Crippen LogP contribution >= 0.6 is 0 Å². The normalized spacial score (nSPS) is 11.3. The fourth-order valence-electron chi connectivity index (χ4n) is 9.62.